The molecule has 2 aliphatic rings. The number of benzene rings is 2. The van der Waals surface area contributed by atoms with Gasteiger partial charge in [0.15, 0.2) is 0 Å². The molecule has 2 aliphatic heterocycles. The molecule has 0 aromatic heterocycles. The average molecular weight is 450 g/mol. The fourth-order valence-corrected chi connectivity index (χ4v) is 4.16. The summed E-state index contributed by atoms with van der Waals surface area (Å²) in [5.41, 5.74) is 1.40. The van der Waals surface area contributed by atoms with Gasteiger partial charge in [0, 0.05) is 25.6 Å². The maximum Gasteiger partial charge on any atom is 0.336 e. The molecule has 33 heavy (non-hydrogen) atoms. The van der Waals surface area contributed by atoms with Gasteiger partial charge in [-0.2, -0.15) is 0 Å². The van der Waals surface area contributed by atoms with Crippen LogP contribution in [0.15, 0.2) is 78.1 Å². The molecule has 1 atom stereocenters. The van der Waals surface area contributed by atoms with E-state index < -0.39 is 17.9 Å². The lowest BCUT2D eigenvalue weighted by Crippen LogP contribution is -2.32. The van der Waals surface area contributed by atoms with Crippen molar-refractivity contribution in [2.24, 2.45) is 0 Å². The van der Waals surface area contributed by atoms with E-state index in [9.17, 15) is 9.59 Å². The summed E-state index contributed by atoms with van der Waals surface area (Å²) in [6.07, 6.45) is 5.43. The molecule has 7 heteroatoms. The molecule has 2 aromatic carbocycles. The molecule has 0 amide bonds. The van der Waals surface area contributed by atoms with E-state index in [-0.39, 0.29) is 6.10 Å². The quantitative estimate of drug-likeness (QED) is 0.588. The molecule has 4 rings (SSSR count). The van der Waals surface area contributed by atoms with Gasteiger partial charge < -0.3 is 23.8 Å². The van der Waals surface area contributed by atoms with Gasteiger partial charge in [-0.25, -0.2) is 9.59 Å². The Morgan fingerprint density at radius 1 is 0.939 bits per heavy atom. The van der Waals surface area contributed by atoms with E-state index in [1.54, 1.807) is 12.4 Å². The number of hydrogen-bond acceptors (Lipinski definition) is 7. The minimum absolute atomic E-state index is 0.0365. The lowest BCUT2D eigenvalue weighted by Gasteiger charge is -2.31. The molecule has 1 saturated heterocycles. The highest BCUT2D eigenvalue weighted by Crippen LogP contribution is 2.39. The second kappa shape index (κ2) is 10.4. The first kappa shape index (κ1) is 22.6. The molecule has 0 bridgehead atoms. The van der Waals surface area contributed by atoms with Crippen molar-refractivity contribution in [2.45, 2.75) is 24.9 Å². The predicted molar refractivity (Wildman–Crippen MR) is 122 cm³/mol. The molecule has 0 saturated carbocycles. The van der Waals surface area contributed by atoms with Crippen molar-refractivity contribution < 1.29 is 28.5 Å². The van der Waals surface area contributed by atoms with Gasteiger partial charge in [0.1, 0.15) is 11.5 Å². The van der Waals surface area contributed by atoms with Crippen molar-refractivity contribution >= 4 is 11.9 Å². The van der Waals surface area contributed by atoms with E-state index in [0.29, 0.717) is 34.8 Å². The third kappa shape index (κ3) is 5.26. The van der Waals surface area contributed by atoms with Crippen molar-refractivity contribution in [1.29, 1.82) is 0 Å². The van der Waals surface area contributed by atoms with E-state index >= 15 is 0 Å². The van der Waals surface area contributed by atoms with Crippen molar-refractivity contribution in [3.05, 3.63) is 83.7 Å². The lowest BCUT2D eigenvalue weighted by atomic mass is 9.83. The van der Waals surface area contributed by atoms with Crippen LogP contribution in [0.2, 0.25) is 0 Å². The fraction of sp³-hybridized carbons (Fsp3) is 0.308. The SMILES string of the molecule is COC(=O)C1=CN(C[C@@H]2CCCO2)C=C(C(=O)OC)C1c1cccc(Oc2ccccc2)c1. The Labute approximate surface area is 193 Å². The number of carbonyl (C=O) groups is 2. The maximum atomic E-state index is 12.8. The summed E-state index contributed by atoms with van der Waals surface area (Å²) < 4.78 is 21.8. The molecule has 0 radical (unpaired) electrons. The molecule has 0 unspecified atom stereocenters. The molecule has 172 valence electrons. The van der Waals surface area contributed by atoms with Gasteiger partial charge in [-0.3, -0.25) is 0 Å². The molecule has 1 fully saturated rings. The monoisotopic (exact) mass is 449 g/mol. The zero-order chi connectivity index (χ0) is 23.2. The maximum absolute atomic E-state index is 12.8. The van der Waals surface area contributed by atoms with Crippen molar-refractivity contribution in [3.8, 4) is 11.5 Å². The molecule has 7 nitrogen and oxygen atoms in total. The first-order valence-corrected chi connectivity index (χ1v) is 10.9. The zero-order valence-electron chi connectivity index (χ0n) is 18.7. The Hall–Kier alpha value is -3.58. The summed E-state index contributed by atoms with van der Waals surface area (Å²) >= 11 is 0. The van der Waals surface area contributed by atoms with E-state index in [0.717, 1.165) is 19.4 Å². The number of esters is 2. The molecule has 2 aromatic rings. The Kier molecular flexibility index (Phi) is 7.10. The lowest BCUT2D eigenvalue weighted by molar-refractivity contribution is -0.137. The Balaban J connectivity index is 1.70. The van der Waals surface area contributed by atoms with Crippen LogP contribution in [0.25, 0.3) is 0 Å². The van der Waals surface area contributed by atoms with Crippen LogP contribution in [0.5, 0.6) is 11.5 Å². The van der Waals surface area contributed by atoms with E-state index in [1.807, 2.05) is 59.5 Å². The smallest absolute Gasteiger partial charge is 0.336 e. The summed E-state index contributed by atoms with van der Waals surface area (Å²) in [6.45, 7) is 1.25. The Bertz CT molecular complexity index is 1020. The standard InChI is InChI=1S/C26H27NO6/c1-30-25(28)22-16-27(15-21-12-7-13-32-21)17-23(26(29)31-2)24(22)18-8-6-11-20(14-18)33-19-9-4-3-5-10-19/h3-6,8-11,14,16-17,21,24H,7,12-13,15H2,1-2H3/t21-/m0/s1. The minimum Gasteiger partial charge on any atom is -0.466 e. The molecular formula is C26H27NO6. The van der Waals surface area contributed by atoms with Gasteiger partial charge in [0.25, 0.3) is 0 Å². The van der Waals surface area contributed by atoms with E-state index in [4.69, 9.17) is 18.9 Å². The summed E-state index contributed by atoms with van der Waals surface area (Å²) in [5, 5.41) is 0. The minimum atomic E-state index is -0.662. The van der Waals surface area contributed by atoms with Crippen molar-refractivity contribution in [2.75, 3.05) is 27.4 Å². The number of ether oxygens (including phenoxy) is 4. The van der Waals surface area contributed by atoms with Gasteiger partial charge in [0.05, 0.1) is 37.4 Å². The normalized spacial score (nSPS) is 18.4. The van der Waals surface area contributed by atoms with Crippen LogP contribution in [0.1, 0.15) is 24.3 Å². The zero-order valence-corrected chi connectivity index (χ0v) is 18.7. The highest BCUT2D eigenvalue weighted by molar-refractivity contribution is 5.98. The van der Waals surface area contributed by atoms with Gasteiger partial charge in [0.2, 0.25) is 0 Å². The third-order valence-corrected chi connectivity index (χ3v) is 5.68. The number of para-hydroxylation sites is 1. The largest absolute Gasteiger partial charge is 0.466 e. The third-order valence-electron chi connectivity index (χ3n) is 5.68. The molecular weight excluding hydrogens is 422 g/mol. The van der Waals surface area contributed by atoms with Gasteiger partial charge in [-0.15, -0.1) is 0 Å². The van der Waals surface area contributed by atoms with Gasteiger partial charge in [-0.1, -0.05) is 30.3 Å². The second-order valence-electron chi connectivity index (χ2n) is 7.90. The number of hydrogen-bond donors (Lipinski definition) is 0. The van der Waals surface area contributed by atoms with Crippen LogP contribution in [-0.2, 0) is 23.8 Å². The van der Waals surface area contributed by atoms with Gasteiger partial charge >= 0.3 is 11.9 Å². The summed E-state index contributed by atoms with van der Waals surface area (Å²) in [7, 11) is 2.66. The Morgan fingerprint density at radius 3 is 2.21 bits per heavy atom. The van der Waals surface area contributed by atoms with Crippen LogP contribution in [0, 0.1) is 0 Å². The fourth-order valence-electron chi connectivity index (χ4n) is 4.16. The van der Waals surface area contributed by atoms with Crippen LogP contribution < -0.4 is 4.74 Å². The number of nitrogens with zero attached hydrogens (tertiary/aromatic N) is 1. The molecule has 0 aliphatic carbocycles. The second-order valence-corrected chi connectivity index (χ2v) is 7.90. The predicted octanol–water partition coefficient (Wildman–Crippen LogP) is 4.17. The average Bonchev–Trinajstić information content (AvgIpc) is 3.36. The summed E-state index contributed by atoms with van der Waals surface area (Å²) in [4.78, 5) is 27.4. The molecule has 0 N–H and O–H groups in total. The van der Waals surface area contributed by atoms with Crippen LogP contribution in [0.3, 0.4) is 0 Å². The molecule has 0 spiro atoms. The topological polar surface area (TPSA) is 74.3 Å². The highest BCUT2D eigenvalue weighted by Gasteiger charge is 2.36. The first-order valence-electron chi connectivity index (χ1n) is 10.9. The highest BCUT2D eigenvalue weighted by atomic mass is 16.5. The molecule has 2 heterocycles. The van der Waals surface area contributed by atoms with Crippen LogP contribution in [0.4, 0.5) is 0 Å². The Morgan fingerprint density at radius 2 is 1.61 bits per heavy atom. The van der Waals surface area contributed by atoms with E-state index in [2.05, 4.69) is 0 Å². The van der Waals surface area contributed by atoms with Crippen molar-refractivity contribution in [3.63, 3.8) is 0 Å². The summed E-state index contributed by atoms with van der Waals surface area (Å²) in [6, 6.07) is 16.7. The number of methoxy groups -OCH3 is 2. The number of rotatable bonds is 7. The number of carbonyl (C=O) groups excluding carboxylic acids is 2. The first-order chi connectivity index (χ1) is 16.1. The van der Waals surface area contributed by atoms with Gasteiger partial charge in [-0.05, 0) is 42.7 Å². The van der Waals surface area contributed by atoms with Crippen molar-refractivity contribution in [1.82, 2.24) is 4.90 Å². The van der Waals surface area contributed by atoms with E-state index in [1.165, 1.54) is 14.2 Å². The van der Waals surface area contributed by atoms with Crippen LogP contribution >= 0.6 is 0 Å². The van der Waals surface area contributed by atoms with Crippen LogP contribution in [-0.4, -0.2) is 50.3 Å². The summed E-state index contributed by atoms with van der Waals surface area (Å²) in [5.74, 6) is -0.408.